The molecule has 1 saturated carbocycles. The van der Waals surface area contributed by atoms with Crippen LogP contribution in [0.4, 0.5) is 5.82 Å². The van der Waals surface area contributed by atoms with Gasteiger partial charge in [0.1, 0.15) is 47.8 Å². The third-order valence-corrected chi connectivity index (χ3v) is 14.1. The summed E-state index contributed by atoms with van der Waals surface area (Å²) in [7, 11) is -16.5. The smallest absolute Gasteiger partial charge is 0.386 e. The monoisotopic (exact) mass is 1000 g/mol. The molecule has 1 aliphatic heterocycles. The van der Waals surface area contributed by atoms with Crippen LogP contribution < -0.4 is 16.4 Å². The Morgan fingerprint density at radius 2 is 1.77 bits per heavy atom. The Labute approximate surface area is 376 Å². The number of amides is 2. The molecule has 10 N–H and O–H groups in total. The van der Waals surface area contributed by atoms with Crippen LogP contribution in [0.1, 0.15) is 71.9 Å². The van der Waals surface area contributed by atoms with E-state index in [-0.39, 0.29) is 83.6 Å². The lowest BCUT2D eigenvalue weighted by Gasteiger charge is -2.30. The number of thioether (sulfide) groups is 1. The summed E-state index contributed by atoms with van der Waals surface area (Å²) in [6, 6.07) is 0. The maximum absolute atomic E-state index is 12.7. The summed E-state index contributed by atoms with van der Waals surface area (Å²) in [5.74, 6) is -1.82. The maximum Gasteiger partial charge on any atom is 0.481 e. The van der Waals surface area contributed by atoms with Crippen molar-refractivity contribution in [3.8, 4) is 0 Å². The first-order valence-electron chi connectivity index (χ1n) is 20.1. The zero-order chi connectivity index (χ0) is 48.3. The average Bonchev–Trinajstić information content (AvgIpc) is 3.88. The van der Waals surface area contributed by atoms with E-state index in [1.54, 1.807) is 0 Å². The number of carbonyl (C=O) groups excluding carboxylic acids is 5. The van der Waals surface area contributed by atoms with Crippen molar-refractivity contribution in [1.82, 2.24) is 30.2 Å². The maximum atomic E-state index is 12.7. The zero-order valence-corrected chi connectivity index (χ0v) is 38.9. The summed E-state index contributed by atoms with van der Waals surface area (Å²) in [6.07, 6.45) is -0.847. The number of carbonyl (C=O) groups is 5. The van der Waals surface area contributed by atoms with Gasteiger partial charge in [0.05, 0.1) is 26.0 Å². The van der Waals surface area contributed by atoms with Gasteiger partial charge in [-0.3, -0.25) is 42.1 Å². The number of nitrogen functional groups attached to an aromatic ring is 1. The van der Waals surface area contributed by atoms with Crippen LogP contribution in [0, 0.1) is 17.3 Å². The van der Waals surface area contributed by atoms with Gasteiger partial charge in [-0.2, -0.15) is 4.31 Å². The number of phosphoric acid groups is 3. The molecule has 0 radical (unpaired) electrons. The number of Topliss-reactive ketones (excluding diaryl/α,β-unsaturated/α-hetero) is 2. The van der Waals surface area contributed by atoms with E-state index in [0.717, 1.165) is 35.4 Å². The third-order valence-electron chi connectivity index (χ3n) is 10.1. The molecule has 2 amide bonds. The van der Waals surface area contributed by atoms with E-state index in [9.17, 15) is 67.5 Å². The third kappa shape index (κ3) is 16.4. The normalized spacial score (nSPS) is 23.9. The molecule has 1 aliphatic carbocycles. The fourth-order valence-corrected chi connectivity index (χ4v) is 10.4. The minimum atomic E-state index is -5.60. The number of nitrogens with two attached hydrogens (primary N) is 1. The van der Waals surface area contributed by atoms with Gasteiger partial charge in [0.25, 0.3) is 0 Å². The first kappa shape index (κ1) is 54.2. The number of allylic oxidation sites excluding steroid dienone is 2. The number of aliphatic hydroxyl groups excluding tert-OH is 2. The molecule has 2 fully saturated rings. The van der Waals surface area contributed by atoms with Crippen LogP contribution in [0.3, 0.4) is 0 Å². The van der Waals surface area contributed by atoms with Crippen LogP contribution in [-0.4, -0.2) is 134 Å². The minimum Gasteiger partial charge on any atom is -0.386 e. The molecule has 30 heteroatoms. The predicted molar refractivity (Wildman–Crippen MR) is 227 cm³/mol. The first-order valence-corrected chi connectivity index (χ1v) is 25.6. The van der Waals surface area contributed by atoms with E-state index in [4.69, 9.17) is 19.5 Å². The van der Waals surface area contributed by atoms with E-state index < -0.39 is 84.6 Å². The van der Waals surface area contributed by atoms with E-state index in [1.165, 1.54) is 13.8 Å². The van der Waals surface area contributed by atoms with E-state index >= 15 is 0 Å². The quantitative estimate of drug-likeness (QED) is 0.0274. The Hall–Kier alpha value is -3.36. The number of phosphoric ester groups is 3. The summed E-state index contributed by atoms with van der Waals surface area (Å²) >= 11 is 0.876. The molecule has 2 aromatic rings. The minimum absolute atomic E-state index is 0.0197. The van der Waals surface area contributed by atoms with E-state index in [1.807, 2.05) is 19.1 Å². The molecule has 2 aromatic heterocycles. The highest BCUT2D eigenvalue weighted by Crippen LogP contribution is 2.61. The molecule has 3 heterocycles. The molecule has 9 atom stereocenters. The summed E-state index contributed by atoms with van der Waals surface area (Å²) in [5.41, 5.74) is 4.21. The van der Waals surface area contributed by atoms with Gasteiger partial charge >= 0.3 is 23.5 Å². The number of imidazole rings is 1. The largest absolute Gasteiger partial charge is 0.481 e. The fourth-order valence-electron chi connectivity index (χ4n) is 6.83. The van der Waals surface area contributed by atoms with Gasteiger partial charge in [-0.05, 0) is 25.2 Å². The Kier molecular flexibility index (Phi) is 19.7. The first-order chi connectivity index (χ1) is 30.3. The average molecular weight is 1000 g/mol. The van der Waals surface area contributed by atoms with Crippen molar-refractivity contribution in [2.75, 3.05) is 37.8 Å². The summed E-state index contributed by atoms with van der Waals surface area (Å²) in [6.45, 7) is 2.20. The lowest BCUT2D eigenvalue weighted by atomic mass is 9.87. The number of nitrogens with zero attached hydrogens (tertiary/aromatic N) is 4. The molecular weight excluding hydrogens is 947 g/mol. The standard InChI is InChI=1S/C35H54N7O19P3S/c1-4-5-6-7-22-20(8-9-23(22)44)14-21(43)15-26(46)65-13-12-37-25(45)10-11-38-33(49)30(48)35(2,3)17-58-64(55,56)61-63(53,54)57-16-24-29(60-62(50,51)52)28(47)34(59-24)42-19-41-27-31(36)39-18-40-32(27)42/h5-6,18-20,22,24,28-30,34,47-48H,4,7-17H2,1-3H3,(H,37,45)(H,38,49)(H,53,54)(H,55,56)(H2,36,39,40)(H2,50,51,52)/b6-5-/t20-,22+,24-,28-,29-,30+,34-/m1/s1. The number of anilines is 1. The zero-order valence-electron chi connectivity index (χ0n) is 35.4. The number of rotatable bonds is 26. The Bertz CT molecular complexity index is 2210. The number of aliphatic hydroxyl groups is 2. The molecule has 0 bridgehead atoms. The highest BCUT2D eigenvalue weighted by atomic mass is 32.2. The Balaban J connectivity index is 1.16. The highest BCUT2D eigenvalue weighted by Gasteiger charge is 2.50. The molecule has 0 aromatic carbocycles. The van der Waals surface area contributed by atoms with Crippen molar-refractivity contribution in [3.63, 3.8) is 0 Å². The number of aromatic nitrogens is 4. The molecule has 26 nitrogen and oxygen atoms in total. The Morgan fingerprint density at radius 1 is 1.06 bits per heavy atom. The molecular formula is C35H54N7O19P3S. The molecule has 4 rings (SSSR count). The number of nitrogens with one attached hydrogen (secondary N) is 2. The summed E-state index contributed by atoms with van der Waals surface area (Å²) in [4.78, 5) is 113. The number of ether oxygens (including phenoxy) is 1. The number of hydrogen-bond acceptors (Lipinski definition) is 20. The lowest BCUT2D eigenvalue weighted by molar-refractivity contribution is -0.137. The van der Waals surface area contributed by atoms with Crippen LogP contribution in [0.5, 0.6) is 0 Å². The number of hydrogen-bond donors (Lipinski definition) is 9. The molecule has 364 valence electrons. The van der Waals surface area contributed by atoms with Gasteiger partial charge in [-0.15, -0.1) is 0 Å². The van der Waals surface area contributed by atoms with Crippen LogP contribution >= 0.6 is 35.2 Å². The van der Waals surface area contributed by atoms with Gasteiger partial charge in [0.2, 0.25) is 11.8 Å². The van der Waals surface area contributed by atoms with Crippen molar-refractivity contribution in [2.24, 2.45) is 17.3 Å². The summed E-state index contributed by atoms with van der Waals surface area (Å²) < 4.78 is 62.3. The van der Waals surface area contributed by atoms with Crippen LogP contribution in [-0.2, 0) is 60.3 Å². The second-order valence-corrected chi connectivity index (χ2v) is 21.1. The molecule has 0 spiro atoms. The predicted octanol–water partition coefficient (Wildman–Crippen LogP) is 0.966. The molecule has 65 heavy (non-hydrogen) atoms. The van der Waals surface area contributed by atoms with Gasteiger partial charge in [0.15, 0.2) is 22.8 Å². The lowest BCUT2D eigenvalue weighted by Crippen LogP contribution is -2.46. The van der Waals surface area contributed by atoms with Crippen molar-refractivity contribution < 1.29 is 90.1 Å². The number of ketones is 2. The van der Waals surface area contributed by atoms with Crippen LogP contribution in [0.15, 0.2) is 24.8 Å². The van der Waals surface area contributed by atoms with E-state index in [0.29, 0.717) is 19.3 Å². The van der Waals surface area contributed by atoms with Crippen molar-refractivity contribution >= 4 is 80.7 Å². The second-order valence-electron chi connectivity index (χ2n) is 15.7. The van der Waals surface area contributed by atoms with Crippen LogP contribution in [0.25, 0.3) is 11.2 Å². The molecule has 2 aliphatic rings. The number of fused-ring (bicyclic) bond motifs is 1. The summed E-state index contributed by atoms with van der Waals surface area (Å²) in [5, 5.41) is 26.1. The van der Waals surface area contributed by atoms with Gasteiger partial charge in [-0.25, -0.2) is 28.6 Å². The van der Waals surface area contributed by atoms with Gasteiger partial charge in [-0.1, -0.05) is 44.7 Å². The van der Waals surface area contributed by atoms with Gasteiger partial charge in [0, 0.05) is 49.4 Å². The van der Waals surface area contributed by atoms with Gasteiger partial charge < -0.3 is 50.9 Å². The topological polar surface area (TPSA) is 398 Å². The highest BCUT2D eigenvalue weighted by molar-refractivity contribution is 8.13. The van der Waals surface area contributed by atoms with Crippen LogP contribution in [0.2, 0.25) is 0 Å². The Morgan fingerprint density at radius 3 is 2.46 bits per heavy atom. The van der Waals surface area contributed by atoms with Crippen molar-refractivity contribution in [3.05, 3.63) is 24.8 Å². The molecule has 2 unspecified atom stereocenters. The second kappa shape index (κ2) is 23.6. The molecule has 1 saturated heterocycles. The van der Waals surface area contributed by atoms with E-state index in [2.05, 4.69) is 34.4 Å². The van der Waals surface area contributed by atoms with Crippen molar-refractivity contribution in [1.29, 1.82) is 0 Å². The fraction of sp³-hybridized carbons (Fsp3) is 0.657. The SMILES string of the molecule is CC/C=C\C[C@@H]1C(=O)CC[C@@H]1CC(=O)CC(=O)SCCNC(=O)CCNC(=O)[C@H](O)C(C)(C)COP(=O)(O)OP(=O)(O)OC[C@H]1O[C@@H](n2cnc3c(N)ncnc32)[C@H](O)[C@@H]1OP(=O)(O)O. The van der Waals surface area contributed by atoms with Crippen molar-refractivity contribution in [2.45, 2.75) is 96.4 Å².